The van der Waals surface area contributed by atoms with E-state index in [1.165, 1.54) is 24.3 Å². The predicted octanol–water partition coefficient (Wildman–Crippen LogP) is 6.74. The lowest BCUT2D eigenvalue weighted by Crippen LogP contribution is -2.21. The van der Waals surface area contributed by atoms with Gasteiger partial charge in [0.25, 0.3) is 0 Å². The minimum Gasteiger partial charge on any atom is -0.204 e. The smallest absolute Gasteiger partial charge is 0.204 e. The van der Waals surface area contributed by atoms with Crippen molar-refractivity contribution in [2.45, 2.75) is 37.8 Å². The van der Waals surface area contributed by atoms with Crippen molar-refractivity contribution >= 4 is 0 Å². The molecular weight excluding hydrogens is 371 g/mol. The normalized spacial score (nSPS) is 17.8. The summed E-state index contributed by atoms with van der Waals surface area (Å²) in [6.45, 7) is 0. The number of alkyl halides is 3. The molecular formula is C23H19F5. The average molecular weight is 390 g/mol. The summed E-state index contributed by atoms with van der Waals surface area (Å²) in [7, 11) is 0. The van der Waals surface area contributed by atoms with Crippen molar-refractivity contribution in [3.8, 4) is 0 Å². The van der Waals surface area contributed by atoms with Crippen molar-refractivity contribution in [1.29, 1.82) is 0 Å². The van der Waals surface area contributed by atoms with Gasteiger partial charge in [-0.1, -0.05) is 42.0 Å². The highest BCUT2D eigenvalue weighted by Gasteiger charge is 2.40. The third kappa shape index (κ3) is 5.22. The Morgan fingerprint density at radius 2 is 1.89 bits per heavy atom. The summed E-state index contributed by atoms with van der Waals surface area (Å²) in [6, 6.07) is 13.2. The molecule has 1 aliphatic rings. The SMILES string of the molecule is Fc1ccc(CCC2C=CC(CC(c3cc#ccc3)C(F)(F)F)=CC2)cc1F. The molecule has 3 rings (SSSR count). The van der Waals surface area contributed by atoms with Crippen LogP contribution in [0.2, 0.25) is 0 Å². The van der Waals surface area contributed by atoms with Crippen LogP contribution in [0.25, 0.3) is 0 Å². The Balaban J connectivity index is 1.58. The third-order valence-electron chi connectivity index (χ3n) is 4.97. The number of rotatable bonds is 6. The maximum atomic E-state index is 13.5. The van der Waals surface area contributed by atoms with Crippen molar-refractivity contribution < 1.29 is 22.0 Å². The monoisotopic (exact) mass is 390 g/mol. The molecule has 0 amide bonds. The van der Waals surface area contributed by atoms with Crippen LogP contribution in [0.4, 0.5) is 22.0 Å². The lowest BCUT2D eigenvalue weighted by Gasteiger charge is -2.23. The van der Waals surface area contributed by atoms with Gasteiger partial charge in [-0.05, 0) is 73.1 Å². The summed E-state index contributed by atoms with van der Waals surface area (Å²) in [5.74, 6) is -3.15. The van der Waals surface area contributed by atoms with E-state index in [0.29, 0.717) is 24.0 Å². The van der Waals surface area contributed by atoms with Crippen molar-refractivity contribution in [3.05, 3.63) is 95.1 Å². The molecule has 2 aromatic carbocycles. The van der Waals surface area contributed by atoms with Gasteiger partial charge in [0.15, 0.2) is 11.6 Å². The number of allylic oxidation sites excluding steroid dienone is 4. The van der Waals surface area contributed by atoms with Gasteiger partial charge in [0, 0.05) is 0 Å². The number of hydrogen-bond acceptors (Lipinski definition) is 0. The highest BCUT2D eigenvalue weighted by Crippen LogP contribution is 2.40. The van der Waals surface area contributed by atoms with Crippen LogP contribution in [0.1, 0.15) is 36.3 Å². The highest BCUT2D eigenvalue weighted by atomic mass is 19.4. The second-order valence-corrected chi connectivity index (χ2v) is 6.99. The first-order chi connectivity index (χ1) is 13.3. The minimum atomic E-state index is -4.34. The Hall–Kier alpha value is -2.61. The zero-order valence-electron chi connectivity index (χ0n) is 15.1. The summed E-state index contributed by atoms with van der Waals surface area (Å²) in [4.78, 5) is 0. The first-order valence-corrected chi connectivity index (χ1v) is 9.08. The van der Waals surface area contributed by atoms with Crippen LogP contribution in [0.3, 0.4) is 0 Å². The first kappa shape index (κ1) is 20.1. The largest absolute Gasteiger partial charge is 0.396 e. The maximum Gasteiger partial charge on any atom is 0.396 e. The molecule has 0 heterocycles. The fourth-order valence-electron chi connectivity index (χ4n) is 3.36. The summed E-state index contributed by atoms with van der Waals surface area (Å²) in [5, 5.41) is 0. The van der Waals surface area contributed by atoms with E-state index in [9.17, 15) is 22.0 Å². The van der Waals surface area contributed by atoms with E-state index >= 15 is 0 Å². The molecule has 0 spiro atoms. The highest BCUT2D eigenvalue weighted by molar-refractivity contribution is 5.29. The average Bonchev–Trinajstić information content (AvgIpc) is 2.68. The summed E-state index contributed by atoms with van der Waals surface area (Å²) >= 11 is 0. The molecule has 146 valence electrons. The number of halogens is 5. The molecule has 0 aliphatic heterocycles. The Morgan fingerprint density at radius 1 is 1.07 bits per heavy atom. The van der Waals surface area contributed by atoms with Gasteiger partial charge in [-0.3, -0.25) is 0 Å². The zero-order chi connectivity index (χ0) is 20.1. The van der Waals surface area contributed by atoms with Crippen LogP contribution >= 0.6 is 0 Å². The van der Waals surface area contributed by atoms with Crippen LogP contribution in [0.15, 0.2) is 60.2 Å². The second kappa shape index (κ2) is 8.60. The molecule has 2 aromatic rings. The molecule has 2 atom stereocenters. The van der Waals surface area contributed by atoms with Gasteiger partial charge >= 0.3 is 6.18 Å². The molecule has 28 heavy (non-hydrogen) atoms. The van der Waals surface area contributed by atoms with E-state index in [2.05, 4.69) is 12.1 Å². The van der Waals surface area contributed by atoms with Crippen molar-refractivity contribution in [2.75, 3.05) is 0 Å². The van der Waals surface area contributed by atoms with Gasteiger partial charge in [0.1, 0.15) is 0 Å². The van der Waals surface area contributed by atoms with E-state index in [-0.39, 0.29) is 17.9 Å². The molecule has 0 fully saturated rings. The Morgan fingerprint density at radius 3 is 2.50 bits per heavy atom. The molecule has 0 nitrogen and oxygen atoms in total. The lowest BCUT2D eigenvalue weighted by atomic mass is 9.86. The van der Waals surface area contributed by atoms with Crippen molar-refractivity contribution in [3.63, 3.8) is 0 Å². The van der Waals surface area contributed by atoms with Crippen LogP contribution in [0.5, 0.6) is 0 Å². The summed E-state index contributed by atoms with van der Waals surface area (Å²) < 4.78 is 66.7. The topological polar surface area (TPSA) is 0 Å². The number of aryl methyl sites for hydroxylation is 1. The van der Waals surface area contributed by atoms with E-state index < -0.39 is 23.7 Å². The zero-order valence-corrected chi connectivity index (χ0v) is 15.1. The van der Waals surface area contributed by atoms with Crippen LogP contribution < -0.4 is 0 Å². The molecule has 0 saturated carbocycles. The second-order valence-electron chi connectivity index (χ2n) is 6.99. The van der Waals surface area contributed by atoms with E-state index in [4.69, 9.17) is 0 Å². The number of hydrogen-bond donors (Lipinski definition) is 0. The Kier molecular flexibility index (Phi) is 6.18. The Bertz CT molecular complexity index is 849. The fraction of sp³-hybridized carbons (Fsp3) is 0.304. The Labute approximate surface area is 161 Å². The van der Waals surface area contributed by atoms with Crippen molar-refractivity contribution in [2.24, 2.45) is 5.92 Å². The fourth-order valence-corrected chi connectivity index (χ4v) is 3.36. The molecule has 2 unspecified atom stereocenters. The van der Waals surface area contributed by atoms with Gasteiger partial charge in [-0.2, -0.15) is 13.2 Å². The minimum absolute atomic E-state index is 0.117. The molecule has 5 heteroatoms. The van der Waals surface area contributed by atoms with E-state index in [0.717, 1.165) is 12.5 Å². The molecule has 0 N–H and O–H groups in total. The van der Waals surface area contributed by atoms with Gasteiger partial charge < -0.3 is 0 Å². The quantitative estimate of drug-likeness (QED) is 0.479. The molecule has 0 bridgehead atoms. The maximum absolute atomic E-state index is 13.5. The van der Waals surface area contributed by atoms with Gasteiger partial charge in [-0.25, -0.2) is 8.78 Å². The third-order valence-corrected chi connectivity index (χ3v) is 4.97. The standard InChI is InChI=1S/C23H19F5/c24-21-13-12-18(15-22(21)25)11-8-16-6-9-17(10-7-16)14-20(23(26,27)28)19-4-2-1-3-5-19/h2,4-6,9-10,12-13,15-16,20H,7-8,11,14H2. The predicted molar refractivity (Wildman–Crippen MR) is 97.5 cm³/mol. The summed E-state index contributed by atoms with van der Waals surface area (Å²) in [6.07, 6.45) is 2.97. The number of benzene rings is 1. The van der Waals surface area contributed by atoms with Gasteiger partial charge in [-0.15, -0.1) is 0 Å². The van der Waals surface area contributed by atoms with Gasteiger partial charge in [0.05, 0.1) is 5.92 Å². The van der Waals surface area contributed by atoms with Crippen LogP contribution in [-0.2, 0) is 6.42 Å². The van der Waals surface area contributed by atoms with Crippen molar-refractivity contribution in [1.82, 2.24) is 0 Å². The molecule has 0 saturated heterocycles. The van der Waals surface area contributed by atoms with Gasteiger partial charge in [0.2, 0.25) is 0 Å². The molecule has 0 aromatic heterocycles. The van der Waals surface area contributed by atoms with E-state index in [1.54, 1.807) is 12.1 Å². The van der Waals surface area contributed by atoms with Crippen LogP contribution in [-0.4, -0.2) is 6.18 Å². The molecule has 0 radical (unpaired) electrons. The molecule has 1 aliphatic carbocycles. The lowest BCUT2D eigenvalue weighted by molar-refractivity contribution is -0.150. The van der Waals surface area contributed by atoms with E-state index in [1.807, 2.05) is 12.2 Å². The summed E-state index contributed by atoms with van der Waals surface area (Å²) in [5.41, 5.74) is 1.54. The van der Waals surface area contributed by atoms with Crippen LogP contribution in [0, 0.1) is 29.7 Å². The first-order valence-electron chi connectivity index (χ1n) is 9.08.